The monoisotopic (exact) mass is 195 g/mol. The molecular weight excluding hydrogens is 174 g/mol. The first-order valence-corrected chi connectivity index (χ1v) is 5.36. The van der Waals surface area contributed by atoms with Crippen molar-refractivity contribution >= 4 is 5.82 Å². The number of rotatable bonds is 4. The van der Waals surface area contributed by atoms with Gasteiger partial charge in [0.15, 0.2) is 0 Å². The van der Waals surface area contributed by atoms with Gasteiger partial charge in [0, 0.05) is 12.6 Å². The molecule has 0 aliphatic heterocycles. The molecule has 0 radical (unpaired) electrons. The van der Waals surface area contributed by atoms with Crippen LogP contribution in [-0.4, -0.2) is 16.8 Å². The number of hydrogen-bond acceptors (Lipinski definition) is 2. The van der Waals surface area contributed by atoms with Gasteiger partial charge >= 0.3 is 0 Å². The molecule has 14 heavy (non-hydrogen) atoms. The van der Waals surface area contributed by atoms with E-state index in [4.69, 9.17) is 0 Å². The van der Waals surface area contributed by atoms with Gasteiger partial charge in [0.25, 0.3) is 0 Å². The van der Waals surface area contributed by atoms with E-state index in [1.165, 1.54) is 5.56 Å². The van der Waals surface area contributed by atoms with Crippen molar-refractivity contribution in [1.82, 2.24) is 9.78 Å². The van der Waals surface area contributed by atoms with E-state index in [9.17, 15) is 0 Å². The summed E-state index contributed by atoms with van der Waals surface area (Å²) in [6.07, 6.45) is 3.08. The number of nitrogens with zero attached hydrogens (tertiary/aromatic N) is 2. The molecule has 0 saturated heterocycles. The molecule has 1 rings (SSSR count). The molecule has 1 heterocycles. The van der Waals surface area contributed by atoms with Crippen molar-refractivity contribution in [3.63, 3.8) is 0 Å². The lowest BCUT2D eigenvalue weighted by Crippen LogP contribution is -2.10. The summed E-state index contributed by atoms with van der Waals surface area (Å²) in [5, 5.41) is 7.67. The van der Waals surface area contributed by atoms with Crippen LogP contribution in [0.1, 0.15) is 51.6 Å². The second kappa shape index (κ2) is 4.49. The van der Waals surface area contributed by atoms with Crippen molar-refractivity contribution in [3.05, 3.63) is 11.8 Å². The van der Waals surface area contributed by atoms with Crippen LogP contribution in [0.5, 0.6) is 0 Å². The molecule has 0 aliphatic carbocycles. The first kappa shape index (κ1) is 11.1. The second-order valence-corrected chi connectivity index (χ2v) is 4.06. The number of aromatic nitrogens is 2. The van der Waals surface area contributed by atoms with Gasteiger partial charge in [0.2, 0.25) is 0 Å². The number of nitrogens with one attached hydrogen (secondary N) is 1. The molecule has 1 atom stereocenters. The summed E-state index contributed by atoms with van der Waals surface area (Å²) in [5.41, 5.74) is 1.30. The van der Waals surface area contributed by atoms with Crippen molar-refractivity contribution in [2.75, 3.05) is 12.4 Å². The minimum absolute atomic E-state index is 0.463. The Bertz CT molecular complexity index is 289. The molecule has 0 aromatic carbocycles. The molecule has 0 saturated carbocycles. The molecule has 0 spiro atoms. The van der Waals surface area contributed by atoms with Gasteiger partial charge in [-0.1, -0.05) is 20.8 Å². The van der Waals surface area contributed by atoms with E-state index < -0.39 is 0 Å². The summed E-state index contributed by atoms with van der Waals surface area (Å²) in [4.78, 5) is 0. The molecule has 3 heteroatoms. The minimum atomic E-state index is 0.463. The first-order valence-electron chi connectivity index (χ1n) is 5.36. The summed E-state index contributed by atoms with van der Waals surface area (Å²) < 4.78 is 2.08. The van der Waals surface area contributed by atoms with E-state index >= 15 is 0 Å². The second-order valence-electron chi connectivity index (χ2n) is 4.06. The van der Waals surface area contributed by atoms with Gasteiger partial charge in [0.05, 0.1) is 12.2 Å². The maximum atomic E-state index is 4.43. The maximum Gasteiger partial charge on any atom is 0.127 e. The summed E-state index contributed by atoms with van der Waals surface area (Å²) in [6.45, 7) is 8.76. The largest absolute Gasteiger partial charge is 0.373 e. The van der Waals surface area contributed by atoms with Crippen molar-refractivity contribution in [2.24, 2.45) is 0 Å². The van der Waals surface area contributed by atoms with Gasteiger partial charge in [-0.25, -0.2) is 4.68 Å². The zero-order chi connectivity index (χ0) is 10.7. The van der Waals surface area contributed by atoms with Crippen molar-refractivity contribution in [3.8, 4) is 0 Å². The van der Waals surface area contributed by atoms with Gasteiger partial charge in [-0.3, -0.25) is 0 Å². The molecule has 1 aromatic heterocycles. The van der Waals surface area contributed by atoms with Crippen LogP contribution < -0.4 is 5.32 Å². The third-order valence-corrected chi connectivity index (χ3v) is 2.69. The van der Waals surface area contributed by atoms with Crippen LogP contribution in [0.2, 0.25) is 0 Å². The normalized spacial score (nSPS) is 13.3. The van der Waals surface area contributed by atoms with Crippen molar-refractivity contribution < 1.29 is 0 Å². The fourth-order valence-electron chi connectivity index (χ4n) is 1.56. The van der Waals surface area contributed by atoms with E-state index in [1.54, 1.807) is 0 Å². The molecule has 0 aliphatic rings. The lowest BCUT2D eigenvalue weighted by Gasteiger charge is -2.15. The van der Waals surface area contributed by atoms with Crippen LogP contribution in [0.3, 0.4) is 0 Å². The Morgan fingerprint density at radius 2 is 2.07 bits per heavy atom. The van der Waals surface area contributed by atoms with Crippen LogP contribution in [0.25, 0.3) is 0 Å². The van der Waals surface area contributed by atoms with Crippen LogP contribution in [0.4, 0.5) is 5.82 Å². The fourth-order valence-corrected chi connectivity index (χ4v) is 1.56. The first-order chi connectivity index (χ1) is 6.61. The summed E-state index contributed by atoms with van der Waals surface area (Å²) in [5.74, 6) is 1.68. The van der Waals surface area contributed by atoms with E-state index in [0.717, 1.165) is 12.2 Å². The molecule has 3 nitrogen and oxygen atoms in total. The number of hydrogen-bond donors (Lipinski definition) is 1. The van der Waals surface area contributed by atoms with Crippen LogP contribution in [-0.2, 0) is 0 Å². The summed E-state index contributed by atoms with van der Waals surface area (Å²) in [6, 6.07) is 0.463. The predicted molar refractivity (Wildman–Crippen MR) is 60.9 cm³/mol. The van der Waals surface area contributed by atoms with Crippen LogP contribution in [0, 0.1) is 0 Å². The van der Waals surface area contributed by atoms with Crippen molar-refractivity contribution in [1.29, 1.82) is 0 Å². The number of anilines is 1. The average Bonchev–Trinajstić information content (AvgIpc) is 2.59. The summed E-state index contributed by atoms with van der Waals surface area (Å²) in [7, 11) is 1.96. The topological polar surface area (TPSA) is 29.9 Å². The Morgan fingerprint density at radius 3 is 2.50 bits per heavy atom. The van der Waals surface area contributed by atoms with Crippen molar-refractivity contribution in [2.45, 2.75) is 46.1 Å². The standard InChI is InChI=1S/C11H21N3/c1-6-9(4)14-11(12-5)10(7-13-14)8(2)3/h7-9,12H,6H2,1-5H3. The Kier molecular flexibility index (Phi) is 3.55. The zero-order valence-electron chi connectivity index (χ0n) is 9.83. The third-order valence-electron chi connectivity index (χ3n) is 2.69. The lowest BCUT2D eigenvalue weighted by molar-refractivity contribution is 0.483. The molecule has 1 N–H and O–H groups in total. The van der Waals surface area contributed by atoms with Crippen LogP contribution >= 0.6 is 0 Å². The molecule has 1 aromatic rings. The zero-order valence-corrected chi connectivity index (χ0v) is 9.83. The molecule has 0 fully saturated rings. The SMILES string of the molecule is CCC(C)n1ncc(C(C)C)c1NC. The maximum absolute atomic E-state index is 4.43. The Labute approximate surface area is 86.5 Å². The van der Waals surface area contributed by atoms with E-state index in [2.05, 4.69) is 42.8 Å². The predicted octanol–water partition coefficient (Wildman–Crippen LogP) is 3.02. The molecule has 0 bridgehead atoms. The highest BCUT2D eigenvalue weighted by Gasteiger charge is 2.14. The van der Waals surface area contributed by atoms with Crippen LogP contribution in [0.15, 0.2) is 6.20 Å². The van der Waals surface area contributed by atoms with Gasteiger partial charge in [-0.05, 0) is 19.3 Å². The summed E-state index contributed by atoms with van der Waals surface area (Å²) >= 11 is 0. The highest BCUT2D eigenvalue weighted by Crippen LogP contribution is 2.26. The van der Waals surface area contributed by atoms with E-state index in [-0.39, 0.29) is 0 Å². The third kappa shape index (κ3) is 1.91. The van der Waals surface area contributed by atoms with Gasteiger partial charge in [0.1, 0.15) is 5.82 Å². The van der Waals surface area contributed by atoms with Gasteiger partial charge in [-0.15, -0.1) is 0 Å². The average molecular weight is 195 g/mol. The highest BCUT2D eigenvalue weighted by molar-refractivity contribution is 5.45. The molecule has 0 amide bonds. The fraction of sp³-hybridized carbons (Fsp3) is 0.727. The molecule has 80 valence electrons. The van der Waals surface area contributed by atoms with E-state index in [0.29, 0.717) is 12.0 Å². The minimum Gasteiger partial charge on any atom is -0.373 e. The smallest absolute Gasteiger partial charge is 0.127 e. The lowest BCUT2D eigenvalue weighted by atomic mass is 10.1. The highest BCUT2D eigenvalue weighted by atomic mass is 15.3. The molecule has 1 unspecified atom stereocenters. The Morgan fingerprint density at radius 1 is 1.43 bits per heavy atom. The van der Waals surface area contributed by atoms with Gasteiger partial charge < -0.3 is 5.32 Å². The van der Waals surface area contributed by atoms with Gasteiger partial charge in [-0.2, -0.15) is 5.10 Å². The molecular formula is C11H21N3. The Hall–Kier alpha value is -0.990. The Balaban J connectivity index is 3.07. The quantitative estimate of drug-likeness (QED) is 0.800. The van der Waals surface area contributed by atoms with E-state index in [1.807, 2.05) is 13.2 Å².